The van der Waals surface area contributed by atoms with Crippen LogP contribution >= 0.6 is 0 Å². The summed E-state index contributed by atoms with van der Waals surface area (Å²) in [5.41, 5.74) is 10.7. The van der Waals surface area contributed by atoms with Crippen molar-refractivity contribution in [3.8, 4) is 33.6 Å². The summed E-state index contributed by atoms with van der Waals surface area (Å²) in [5, 5.41) is 4.38. The molecule has 4 nitrogen and oxygen atoms in total. The summed E-state index contributed by atoms with van der Waals surface area (Å²) in [7, 11) is 0. The van der Waals surface area contributed by atoms with Crippen LogP contribution in [0, 0.1) is 0 Å². The first kappa shape index (κ1) is 23.0. The summed E-state index contributed by atoms with van der Waals surface area (Å²) in [6, 6.07) is 46.1. The molecule has 194 valence electrons. The fourth-order valence-corrected chi connectivity index (χ4v) is 6.31. The zero-order valence-corrected chi connectivity index (χ0v) is 22.5. The first-order valence-electron chi connectivity index (χ1n) is 14.1. The highest BCUT2D eigenvalue weighted by Gasteiger charge is 2.24. The van der Waals surface area contributed by atoms with E-state index >= 15 is 0 Å². The van der Waals surface area contributed by atoms with Gasteiger partial charge in [-0.1, -0.05) is 109 Å². The predicted molar refractivity (Wildman–Crippen MR) is 173 cm³/mol. The molecule has 0 fully saturated rings. The van der Waals surface area contributed by atoms with Gasteiger partial charge in [0, 0.05) is 21.7 Å². The van der Waals surface area contributed by atoms with Crippen molar-refractivity contribution in [3.05, 3.63) is 133 Å². The topological polar surface area (TPSA) is 51.6 Å². The lowest BCUT2D eigenvalue weighted by molar-refractivity contribution is 1.26. The maximum atomic E-state index is 5.29. The zero-order chi connectivity index (χ0) is 27.6. The quantitative estimate of drug-likeness (QED) is 0.167. The molecule has 0 aliphatic carbocycles. The number of hydrogen-bond acceptors (Lipinski definition) is 4. The maximum Gasteiger partial charge on any atom is 0.160 e. The van der Waals surface area contributed by atoms with Crippen molar-refractivity contribution >= 4 is 54.6 Å². The van der Waals surface area contributed by atoms with Crippen molar-refractivity contribution in [2.45, 2.75) is 0 Å². The third-order valence-corrected chi connectivity index (χ3v) is 8.20. The van der Waals surface area contributed by atoms with Gasteiger partial charge >= 0.3 is 0 Å². The van der Waals surface area contributed by atoms with Crippen molar-refractivity contribution in [2.24, 2.45) is 0 Å². The molecule has 0 aliphatic heterocycles. The molecule has 0 N–H and O–H groups in total. The van der Waals surface area contributed by atoms with Crippen LogP contribution in [0.25, 0.3) is 88.3 Å². The van der Waals surface area contributed by atoms with E-state index in [-0.39, 0.29) is 0 Å². The molecule has 0 saturated heterocycles. The molecule has 0 radical (unpaired) electrons. The van der Waals surface area contributed by atoms with Crippen LogP contribution in [0.15, 0.2) is 133 Å². The summed E-state index contributed by atoms with van der Waals surface area (Å²) in [5.74, 6) is 0.685. The molecule has 2 heterocycles. The lowest BCUT2D eigenvalue weighted by atomic mass is 9.86. The molecule has 0 atom stereocenters. The van der Waals surface area contributed by atoms with Crippen LogP contribution in [0.1, 0.15) is 0 Å². The molecule has 2 aromatic heterocycles. The molecule has 9 aromatic rings. The smallest absolute Gasteiger partial charge is 0.160 e. The highest BCUT2D eigenvalue weighted by Crippen LogP contribution is 2.47. The SMILES string of the molecule is c1ccc(-c2nc3ccc4c(-c5ccccc5)cc(-c5ccccc5)c5c6nc7ccccc7nc6c(n2)c3c45)cc1. The maximum absolute atomic E-state index is 5.29. The van der Waals surface area contributed by atoms with Crippen LogP contribution in [0.3, 0.4) is 0 Å². The Morgan fingerprint density at radius 2 is 0.881 bits per heavy atom. The molecule has 0 unspecified atom stereocenters. The molecule has 0 aliphatic rings. The summed E-state index contributed by atoms with van der Waals surface area (Å²) in [4.78, 5) is 20.9. The van der Waals surface area contributed by atoms with Crippen LogP contribution in [-0.2, 0) is 0 Å². The molecule has 7 aromatic carbocycles. The van der Waals surface area contributed by atoms with Crippen LogP contribution in [0.5, 0.6) is 0 Å². The number of aromatic nitrogens is 4. The Morgan fingerprint density at radius 1 is 0.333 bits per heavy atom. The van der Waals surface area contributed by atoms with E-state index in [1.165, 1.54) is 11.1 Å². The number of hydrogen-bond donors (Lipinski definition) is 0. The standard InChI is InChI=1S/C38H22N4/c1-4-12-23(13-5-1)27-22-28(24-14-6-2-7-15-24)33-32-26(27)20-21-31-34(32)36(42-38(41-31)25-16-8-3-9-17-25)37-35(33)39-29-18-10-11-19-30(29)40-37/h1-22H. The Bertz CT molecular complexity index is 2440. The van der Waals surface area contributed by atoms with Crippen LogP contribution in [0.4, 0.5) is 0 Å². The summed E-state index contributed by atoms with van der Waals surface area (Å²) < 4.78 is 0. The van der Waals surface area contributed by atoms with Crippen molar-refractivity contribution < 1.29 is 0 Å². The fraction of sp³-hybridized carbons (Fsp3) is 0. The Kier molecular flexibility index (Phi) is 4.87. The normalized spacial score (nSPS) is 11.8. The molecular formula is C38H22N4. The van der Waals surface area contributed by atoms with Gasteiger partial charge < -0.3 is 0 Å². The highest BCUT2D eigenvalue weighted by molar-refractivity contribution is 6.35. The van der Waals surface area contributed by atoms with Gasteiger partial charge in [0.1, 0.15) is 16.6 Å². The van der Waals surface area contributed by atoms with E-state index in [1.807, 2.05) is 42.5 Å². The Labute approximate surface area is 241 Å². The van der Waals surface area contributed by atoms with Gasteiger partial charge in [0.15, 0.2) is 5.82 Å². The van der Waals surface area contributed by atoms with Gasteiger partial charge in [0.2, 0.25) is 0 Å². The number of nitrogens with zero attached hydrogens (tertiary/aromatic N) is 4. The first-order chi connectivity index (χ1) is 20.8. The van der Waals surface area contributed by atoms with Gasteiger partial charge in [-0.3, -0.25) is 0 Å². The van der Waals surface area contributed by atoms with Crippen LogP contribution in [-0.4, -0.2) is 19.9 Å². The average Bonchev–Trinajstić information content (AvgIpc) is 3.07. The monoisotopic (exact) mass is 534 g/mol. The summed E-state index contributed by atoms with van der Waals surface area (Å²) in [6.07, 6.45) is 0. The van der Waals surface area contributed by atoms with Gasteiger partial charge in [0.05, 0.1) is 16.6 Å². The van der Waals surface area contributed by atoms with Gasteiger partial charge in [-0.05, 0) is 51.9 Å². The first-order valence-corrected chi connectivity index (χ1v) is 14.1. The van der Waals surface area contributed by atoms with Gasteiger partial charge in [-0.25, -0.2) is 19.9 Å². The minimum Gasteiger partial charge on any atom is -0.244 e. The predicted octanol–water partition coefficient (Wildman–Crippen LogP) is 9.47. The molecule has 0 saturated carbocycles. The van der Waals surface area contributed by atoms with Crippen molar-refractivity contribution in [2.75, 3.05) is 0 Å². The van der Waals surface area contributed by atoms with Gasteiger partial charge in [0.25, 0.3) is 0 Å². The van der Waals surface area contributed by atoms with Crippen molar-refractivity contribution in [3.63, 3.8) is 0 Å². The molecule has 42 heavy (non-hydrogen) atoms. The van der Waals surface area contributed by atoms with Crippen LogP contribution < -0.4 is 0 Å². The van der Waals surface area contributed by atoms with E-state index < -0.39 is 0 Å². The summed E-state index contributed by atoms with van der Waals surface area (Å²) >= 11 is 0. The van der Waals surface area contributed by atoms with E-state index in [0.29, 0.717) is 5.82 Å². The van der Waals surface area contributed by atoms with E-state index in [9.17, 15) is 0 Å². The number of rotatable bonds is 3. The van der Waals surface area contributed by atoms with E-state index in [4.69, 9.17) is 19.9 Å². The van der Waals surface area contributed by atoms with Gasteiger partial charge in [-0.15, -0.1) is 0 Å². The Morgan fingerprint density at radius 3 is 1.55 bits per heavy atom. The third-order valence-electron chi connectivity index (χ3n) is 8.20. The second-order valence-electron chi connectivity index (χ2n) is 10.6. The van der Waals surface area contributed by atoms with E-state index in [1.54, 1.807) is 0 Å². The lowest BCUT2D eigenvalue weighted by Crippen LogP contribution is -2.00. The minimum absolute atomic E-state index is 0.685. The van der Waals surface area contributed by atoms with Crippen molar-refractivity contribution in [1.29, 1.82) is 0 Å². The van der Waals surface area contributed by atoms with Crippen LogP contribution in [0.2, 0.25) is 0 Å². The molecule has 9 rings (SSSR count). The van der Waals surface area contributed by atoms with Crippen molar-refractivity contribution in [1.82, 2.24) is 19.9 Å². The Balaban J connectivity index is 1.57. The Hall–Kier alpha value is -5.74. The highest BCUT2D eigenvalue weighted by atomic mass is 14.9. The molecule has 0 spiro atoms. The molecule has 0 amide bonds. The lowest BCUT2D eigenvalue weighted by Gasteiger charge is -2.20. The average molecular weight is 535 g/mol. The van der Waals surface area contributed by atoms with E-state index in [0.717, 1.165) is 71.3 Å². The molecule has 0 bridgehead atoms. The largest absolute Gasteiger partial charge is 0.244 e. The number of fused-ring (bicyclic) bond motifs is 4. The summed E-state index contributed by atoms with van der Waals surface area (Å²) in [6.45, 7) is 0. The second-order valence-corrected chi connectivity index (χ2v) is 10.6. The molecular weight excluding hydrogens is 512 g/mol. The number of benzene rings is 7. The third kappa shape index (κ3) is 3.36. The fourth-order valence-electron chi connectivity index (χ4n) is 6.31. The zero-order valence-electron chi connectivity index (χ0n) is 22.5. The minimum atomic E-state index is 0.685. The van der Waals surface area contributed by atoms with E-state index in [2.05, 4.69) is 91.0 Å². The molecule has 4 heteroatoms. The number of para-hydroxylation sites is 2. The second kappa shape index (κ2) is 8.88. The van der Waals surface area contributed by atoms with Gasteiger partial charge in [-0.2, -0.15) is 0 Å².